The second kappa shape index (κ2) is 4.52. The molecular formula is C8H12N4. The van der Waals surface area contributed by atoms with Gasteiger partial charge in [-0.05, 0) is 6.92 Å². The molecule has 1 aromatic heterocycles. The monoisotopic (exact) mass is 164 g/mol. The van der Waals surface area contributed by atoms with E-state index in [0.717, 1.165) is 12.4 Å². The minimum absolute atomic E-state index is 0.566. The molecule has 0 radical (unpaired) electrons. The van der Waals surface area contributed by atoms with E-state index in [1.807, 2.05) is 11.6 Å². The Morgan fingerprint density at radius 3 is 3.25 bits per heavy atom. The summed E-state index contributed by atoms with van der Waals surface area (Å²) in [6, 6.07) is 0. The summed E-state index contributed by atoms with van der Waals surface area (Å²) in [7, 11) is 0. The maximum atomic E-state index is 5.08. The Morgan fingerprint density at radius 1 is 1.75 bits per heavy atom. The number of terminal acetylenes is 1. The molecule has 0 unspecified atom stereocenters. The molecule has 0 aliphatic heterocycles. The third-order valence-corrected chi connectivity index (χ3v) is 1.51. The molecule has 0 aliphatic carbocycles. The van der Waals surface area contributed by atoms with Crippen LogP contribution in [0.2, 0.25) is 0 Å². The first-order valence-electron chi connectivity index (χ1n) is 3.89. The first-order valence-corrected chi connectivity index (χ1v) is 3.89. The lowest BCUT2D eigenvalue weighted by Gasteiger charge is -2.01. The van der Waals surface area contributed by atoms with Gasteiger partial charge in [0.1, 0.15) is 12.2 Å². The highest BCUT2D eigenvalue weighted by molar-refractivity contribution is 4.89. The van der Waals surface area contributed by atoms with Crippen LogP contribution in [-0.2, 0) is 13.1 Å². The number of hydrogen-bond donors (Lipinski definition) is 1. The molecule has 0 bridgehead atoms. The number of hydrogen-bond acceptors (Lipinski definition) is 3. The highest BCUT2D eigenvalue weighted by Gasteiger charge is 1.99. The van der Waals surface area contributed by atoms with Crippen LogP contribution in [0, 0.1) is 12.3 Å². The Kier molecular flexibility index (Phi) is 3.30. The minimum Gasteiger partial charge on any atom is -0.299 e. The van der Waals surface area contributed by atoms with Crippen molar-refractivity contribution in [2.24, 2.45) is 0 Å². The molecule has 1 N–H and O–H groups in total. The van der Waals surface area contributed by atoms with Crippen molar-refractivity contribution in [3.63, 3.8) is 0 Å². The van der Waals surface area contributed by atoms with Gasteiger partial charge in [0.25, 0.3) is 0 Å². The number of nitrogens with zero attached hydrogens (tertiary/aromatic N) is 3. The smallest absolute Gasteiger partial charge is 0.140 e. The fraction of sp³-hybridized carbons (Fsp3) is 0.500. The van der Waals surface area contributed by atoms with Crippen LogP contribution in [0.3, 0.4) is 0 Å². The summed E-state index contributed by atoms with van der Waals surface area (Å²) in [5, 5.41) is 7.08. The molecule has 0 aliphatic rings. The number of aromatic nitrogens is 3. The van der Waals surface area contributed by atoms with E-state index in [1.54, 1.807) is 6.33 Å². The van der Waals surface area contributed by atoms with Gasteiger partial charge in [0.15, 0.2) is 0 Å². The van der Waals surface area contributed by atoms with Gasteiger partial charge in [-0.15, -0.1) is 6.42 Å². The maximum absolute atomic E-state index is 5.08. The largest absolute Gasteiger partial charge is 0.299 e. The predicted molar refractivity (Wildman–Crippen MR) is 46.2 cm³/mol. The molecule has 1 rings (SSSR count). The van der Waals surface area contributed by atoms with E-state index in [4.69, 9.17) is 6.42 Å². The summed E-state index contributed by atoms with van der Waals surface area (Å²) in [6.07, 6.45) is 6.64. The van der Waals surface area contributed by atoms with Gasteiger partial charge in [0.05, 0.1) is 13.1 Å². The van der Waals surface area contributed by atoms with E-state index in [0.29, 0.717) is 13.1 Å². The molecule has 0 saturated heterocycles. The summed E-state index contributed by atoms with van der Waals surface area (Å²) in [6.45, 7) is 4.11. The van der Waals surface area contributed by atoms with Crippen molar-refractivity contribution in [1.29, 1.82) is 0 Å². The lowest BCUT2D eigenvalue weighted by atomic mass is 10.5. The number of aryl methyl sites for hydroxylation is 1. The lowest BCUT2D eigenvalue weighted by molar-refractivity contribution is 0.588. The highest BCUT2D eigenvalue weighted by Crippen LogP contribution is 1.91. The second-order valence-corrected chi connectivity index (χ2v) is 2.30. The van der Waals surface area contributed by atoms with Crippen LogP contribution in [0.1, 0.15) is 12.7 Å². The lowest BCUT2D eigenvalue weighted by Crippen LogP contribution is -2.17. The number of rotatable bonds is 4. The Hall–Kier alpha value is -1.34. The minimum atomic E-state index is 0.566. The van der Waals surface area contributed by atoms with Crippen LogP contribution in [-0.4, -0.2) is 21.3 Å². The Balaban J connectivity index is 2.46. The summed E-state index contributed by atoms with van der Waals surface area (Å²) in [5.74, 6) is 3.42. The first-order chi connectivity index (χ1) is 5.88. The van der Waals surface area contributed by atoms with Gasteiger partial charge in [-0.2, -0.15) is 5.10 Å². The molecule has 4 nitrogen and oxygen atoms in total. The summed E-state index contributed by atoms with van der Waals surface area (Å²) >= 11 is 0. The van der Waals surface area contributed by atoms with Crippen molar-refractivity contribution in [3.8, 4) is 12.3 Å². The van der Waals surface area contributed by atoms with Gasteiger partial charge in [-0.25, -0.2) is 9.67 Å². The molecule has 0 fully saturated rings. The Bertz CT molecular complexity index is 271. The van der Waals surface area contributed by atoms with Gasteiger partial charge in [0, 0.05) is 6.54 Å². The molecule has 4 heteroatoms. The topological polar surface area (TPSA) is 42.7 Å². The van der Waals surface area contributed by atoms with E-state index in [1.165, 1.54) is 0 Å². The van der Waals surface area contributed by atoms with Crippen LogP contribution >= 0.6 is 0 Å². The molecular weight excluding hydrogens is 152 g/mol. The molecule has 0 saturated carbocycles. The number of nitrogens with one attached hydrogen (secondary N) is 1. The quantitative estimate of drug-likeness (QED) is 0.504. The van der Waals surface area contributed by atoms with Crippen LogP contribution in [0.4, 0.5) is 0 Å². The first kappa shape index (κ1) is 8.75. The van der Waals surface area contributed by atoms with Crippen LogP contribution < -0.4 is 5.32 Å². The van der Waals surface area contributed by atoms with Crippen molar-refractivity contribution in [2.75, 3.05) is 6.54 Å². The molecule has 12 heavy (non-hydrogen) atoms. The zero-order valence-corrected chi connectivity index (χ0v) is 7.12. The van der Waals surface area contributed by atoms with Crippen LogP contribution in [0.5, 0.6) is 0 Å². The molecule has 1 aromatic rings. The SMILES string of the molecule is C#CCNCc1ncnn1CC. The third kappa shape index (κ3) is 2.07. The third-order valence-electron chi connectivity index (χ3n) is 1.51. The van der Waals surface area contributed by atoms with Crippen LogP contribution in [0.25, 0.3) is 0 Å². The van der Waals surface area contributed by atoms with Crippen molar-refractivity contribution in [3.05, 3.63) is 12.2 Å². The second-order valence-electron chi connectivity index (χ2n) is 2.30. The molecule has 0 aromatic carbocycles. The van der Waals surface area contributed by atoms with E-state index in [2.05, 4.69) is 21.3 Å². The maximum Gasteiger partial charge on any atom is 0.140 e. The molecule has 1 heterocycles. The molecule has 0 spiro atoms. The fourth-order valence-corrected chi connectivity index (χ4v) is 0.936. The molecule has 0 atom stereocenters. The normalized spacial score (nSPS) is 9.67. The Labute approximate surface area is 72.0 Å². The summed E-state index contributed by atoms with van der Waals surface area (Å²) in [4.78, 5) is 4.08. The van der Waals surface area contributed by atoms with Gasteiger partial charge in [-0.3, -0.25) is 5.32 Å². The summed E-state index contributed by atoms with van der Waals surface area (Å²) < 4.78 is 1.84. The van der Waals surface area contributed by atoms with E-state index >= 15 is 0 Å². The van der Waals surface area contributed by atoms with Gasteiger partial charge < -0.3 is 0 Å². The van der Waals surface area contributed by atoms with Crippen molar-refractivity contribution in [2.45, 2.75) is 20.0 Å². The molecule has 0 amide bonds. The zero-order chi connectivity index (χ0) is 8.81. The standard InChI is InChI=1S/C8H12N4/c1-3-5-9-6-8-10-7-11-12(8)4-2/h1,7,9H,4-6H2,2H3. The van der Waals surface area contributed by atoms with Crippen LogP contribution in [0.15, 0.2) is 6.33 Å². The predicted octanol–water partition coefficient (Wildman–Crippen LogP) is 0.0208. The average Bonchev–Trinajstić information content (AvgIpc) is 2.52. The summed E-state index contributed by atoms with van der Waals surface area (Å²) in [5.41, 5.74) is 0. The zero-order valence-electron chi connectivity index (χ0n) is 7.12. The fourth-order valence-electron chi connectivity index (χ4n) is 0.936. The van der Waals surface area contributed by atoms with Crippen molar-refractivity contribution >= 4 is 0 Å². The van der Waals surface area contributed by atoms with E-state index in [-0.39, 0.29) is 0 Å². The highest BCUT2D eigenvalue weighted by atomic mass is 15.3. The Morgan fingerprint density at radius 2 is 2.58 bits per heavy atom. The van der Waals surface area contributed by atoms with Crippen molar-refractivity contribution in [1.82, 2.24) is 20.1 Å². The van der Waals surface area contributed by atoms with E-state index in [9.17, 15) is 0 Å². The van der Waals surface area contributed by atoms with Gasteiger partial charge in [0.2, 0.25) is 0 Å². The molecule has 64 valence electrons. The average molecular weight is 164 g/mol. The van der Waals surface area contributed by atoms with Gasteiger partial charge in [-0.1, -0.05) is 5.92 Å². The van der Waals surface area contributed by atoms with E-state index < -0.39 is 0 Å². The van der Waals surface area contributed by atoms with Crippen molar-refractivity contribution < 1.29 is 0 Å². The van der Waals surface area contributed by atoms with Gasteiger partial charge >= 0.3 is 0 Å².